The molecule has 0 unspecified atom stereocenters. The van der Waals surface area contributed by atoms with Gasteiger partial charge in [-0.25, -0.2) is 29.5 Å². The molecule has 4 N–H and O–H groups in total. The fourth-order valence-electron chi connectivity index (χ4n) is 6.00. The SMILES string of the molecule is C[C@@H]1OC(=O)N2C[C@H](c3nc(Br)c4c(N)nccn34)OC[C@@H]12.C[C@H]1OC(=O)N2C[C@H](c3nc(Br)c4c(N)nccn34)OC[C@@H]12. The molecular formula is C26H28Br2N10O6. The second kappa shape index (κ2) is 11.0. The first-order valence-corrected chi connectivity index (χ1v) is 15.4. The predicted octanol–water partition coefficient (Wildman–Crippen LogP) is 2.71. The largest absolute Gasteiger partial charge is 0.444 e. The Morgan fingerprint density at radius 3 is 1.57 bits per heavy atom. The number of rotatable bonds is 2. The van der Waals surface area contributed by atoms with Crippen molar-refractivity contribution in [2.24, 2.45) is 0 Å². The van der Waals surface area contributed by atoms with Gasteiger partial charge in [-0.2, -0.15) is 0 Å². The second-order valence-corrected chi connectivity index (χ2v) is 12.3. The first kappa shape index (κ1) is 29.0. The number of ether oxygens (including phenoxy) is 4. The van der Waals surface area contributed by atoms with Crippen LogP contribution in [0.25, 0.3) is 11.0 Å². The average Bonchev–Trinajstić information content (AvgIpc) is 3.71. The predicted molar refractivity (Wildman–Crippen MR) is 160 cm³/mol. The van der Waals surface area contributed by atoms with E-state index in [4.69, 9.17) is 30.4 Å². The van der Waals surface area contributed by atoms with E-state index in [1.54, 1.807) is 34.6 Å². The minimum absolute atomic E-state index is 0.0369. The lowest BCUT2D eigenvalue weighted by Gasteiger charge is -2.33. The normalized spacial score (nSPS) is 28.0. The zero-order valence-electron chi connectivity index (χ0n) is 23.5. The smallest absolute Gasteiger partial charge is 0.410 e. The van der Waals surface area contributed by atoms with Crippen molar-refractivity contribution in [1.29, 1.82) is 0 Å². The molecule has 0 aliphatic carbocycles. The zero-order chi connectivity index (χ0) is 30.9. The number of amides is 2. The first-order chi connectivity index (χ1) is 21.1. The van der Waals surface area contributed by atoms with Crippen LogP contribution in [0.15, 0.2) is 34.0 Å². The number of imidazole rings is 2. The molecule has 8 heterocycles. The van der Waals surface area contributed by atoms with Crippen LogP contribution in [0.2, 0.25) is 0 Å². The van der Waals surface area contributed by atoms with E-state index in [2.05, 4.69) is 51.8 Å². The summed E-state index contributed by atoms with van der Waals surface area (Å²) in [7, 11) is 0. The molecule has 4 aromatic heterocycles. The van der Waals surface area contributed by atoms with Crippen molar-refractivity contribution in [2.45, 2.75) is 50.3 Å². The van der Waals surface area contributed by atoms with Gasteiger partial charge in [0.15, 0.2) is 11.6 Å². The van der Waals surface area contributed by atoms with Crippen LogP contribution in [-0.4, -0.2) is 101 Å². The maximum atomic E-state index is 11.9. The van der Waals surface area contributed by atoms with Crippen LogP contribution in [0.4, 0.5) is 21.2 Å². The summed E-state index contributed by atoms with van der Waals surface area (Å²) in [6.07, 6.45) is 5.19. The number of carbonyl (C=O) groups excluding carboxylic acids is 2. The summed E-state index contributed by atoms with van der Waals surface area (Å²) in [5.41, 5.74) is 13.2. The van der Waals surface area contributed by atoms with Crippen LogP contribution in [-0.2, 0) is 18.9 Å². The number of hydrogen-bond acceptors (Lipinski definition) is 12. The van der Waals surface area contributed by atoms with Crippen molar-refractivity contribution < 1.29 is 28.5 Å². The Kier molecular flexibility index (Phi) is 7.25. The fourth-order valence-corrected chi connectivity index (χ4v) is 7.15. The second-order valence-electron chi connectivity index (χ2n) is 10.8. The molecule has 4 aliphatic heterocycles. The summed E-state index contributed by atoms with van der Waals surface area (Å²) in [6, 6.07) is -0.0738. The Hall–Kier alpha value is -3.74. The number of anilines is 2. The van der Waals surface area contributed by atoms with E-state index in [0.717, 1.165) is 0 Å². The number of cyclic esters (lactones) is 2. The quantitative estimate of drug-likeness (QED) is 0.307. The van der Waals surface area contributed by atoms with Crippen molar-refractivity contribution in [1.82, 2.24) is 38.5 Å². The van der Waals surface area contributed by atoms with Gasteiger partial charge in [0, 0.05) is 24.8 Å². The van der Waals surface area contributed by atoms with Gasteiger partial charge in [-0.05, 0) is 45.7 Å². The Bertz CT molecular complexity index is 1650. The van der Waals surface area contributed by atoms with Gasteiger partial charge in [0.2, 0.25) is 0 Å². The number of fused-ring (bicyclic) bond motifs is 4. The maximum Gasteiger partial charge on any atom is 0.410 e. The molecule has 0 aromatic carbocycles. The Balaban J connectivity index is 0.000000142. The highest BCUT2D eigenvalue weighted by molar-refractivity contribution is 9.10. The van der Waals surface area contributed by atoms with Crippen molar-refractivity contribution in [3.63, 3.8) is 0 Å². The van der Waals surface area contributed by atoms with Gasteiger partial charge >= 0.3 is 12.2 Å². The molecular weight excluding hydrogens is 708 g/mol. The van der Waals surface area contributed by atoms with E-state index in [1.165, 1.54) is 0 Å². The molecule has 18 heteroatoms. The summed E-state index contributed by atoms with van der Waals surface area (Å²) in [5.74, 6) is 2.13. The Morgan fingerprint density at radius 2 is 1.16 bits per heavy atom. The number of morpholine rings is 2. The zero-order valence-corrected chi connectivity index (χ0v) is 26.7. The van der Waals surface area contributed by atoms with Crippen LogP contribution in [0.5, 0.6) is 0 Å². The van der Waals surface area contributed by atoms with Crippen molar-refractivity contribution >= 4 is 66.7 Å². The molecule has 0 saturated carbocycles. The molecule has 0 spiro atoms. The topological polar surface area (TPSA) is 190 Å². The summed E-state index contributed by atoms with van der Waals surface area (Å²) in [5, 5.41) is 0. The molecule has 4 fully saturated rings. The van der Waals surface area contributed by atoms with Gasteiger partial charge < -0.3 is 30.4 Å². The Morgan fingerprint density at radius 1 is 0.750 bits per heavy atom. The molecule has 6 atom stereocenters. The molecule has 16 nitrogen and oxygen atoms in total. The van der Waals surface area contributed by atoms with Gasteiger partial charge in [-0.1, -0.05) is 0 Å². The van der Waals surface area contributed by atoms with E-state index < -0.39 is 0 Å². The first-order valence-electron chi connectivity index (χ1n) is 13.9. The lowest BCUT2D eigenvalue weighted by molar-refractivity contribution is -0.0471. The summed E-state index contributed by atoms with van der Waals surface area (Å²) < 4.78 is 27.2. The third-order valence-electron chi connectivity index (χ3n) is 8.30. The van der Waals surface area contributed by atoms with Crippen LogP contribution in [0.1, 0.15) is 37.7 Å². The number of hydrogen-bond donors (Lipinski definition) is 2. The number of halogens is 2. The van der Waals surface area contributed by atoms with Crippen molar-refractivity contribution in [2.75, 3.05) is 37.8 Å². The maximum absolute atomic E-state index is 11.9. The van der Waals surface area contributed by atoms with Gasteiger partial charge in [0.25, 0.3) is 0 Å². The summed E-state index contributed by atoms with van der Waals surface area (Å²) >= 11 is 6.80. The van der Waals surface area contributed by atoms with E-state index in [0.29, 0.717) is 69.8 Å². The van der Waals surface area contributed by atoms with Gasteiger partial charge in [-0.15, -0.1) is 0 Å². The molecule has 4 aliphatic rings. The van der Waals surface area contributed by atoms with E-state index in [-0.39, 0.29) is 48.7 Å². The Labute approximate surface area is 266 Å². The lowest BCUT2D eigenvalue weighted by Crippen LogP contribution is -2.47. The van der Waals surface area contributed by atoms with Crippen LogP contribution < -0.4 is 11.5 Å². The number of carbonyl (C=O) groups is 2. The van der Waals surface area contributed by atoms with Crippen molar-refractivity contribution in [3.8, 4) is 0 Å². The molecule has 2 amide bonds. The average molecular weight is 736 g/mol. The minimum atomic E-state index is -0.338. The van der Waals surface area contributed by atoms with Gasteiger partial charge in [0.1, 0.15) is 56.3 Å². The van der Waals surface area contributed by atoms with Gasteiger partial charge in [-0.3, -0.25) is 18.6 Å². The summed E-state index contributed by atoms with van der Waals surface area (Å²) in [6.45, 7) is 5.40. The highest BCUT2D eigenvalue weighted by Crippen LogP contribution is 2.35. The molecule has 0 radical (unpaired) electrons. The van der Waals surface area contributed by atoms with Crippen molar-refractivity contribution in [3.05, 3.63) is 45.6 Å². The molecule has 44 heavy (non-hydrogen) atoms. The van der Waals surface area contributed by atoms with E-state index in [1.807, 2.05) is 22.6 Å². The van der Waals surface area contributed by atoms with E-state index in [9.17, 15) is 9.59 Å². The third kappa shape index (κ3) is 4.70. The third-order valence-corrected chi connectivity index (χ3v) is 9.41. The monoisotopic (exact) mass is 734 g/mol. The fraction of sp³-hybridized carbons (Fsp3) is 0.462. The highest BCUT2D eigenvalue weighted by atomic mass is 79.9. The molecule has 0 bridgehead atoms. The van der Waals surface area contributed by atoms with E-state index >= 15 is 0 Å². The lowest BCUT2D eigenvalue weighted by atomic mass is 10.1. The standard InChI is InChI=1S/2C13H14BrN5O3/c2*1-6-7-5-21-8(4-19(7)13(20)22-6)12-17-10(14)9-11(15)16-2-3-18(9)12/h2*2-3,6-8H,4-5H2,1H3,(H2,15,16)/t6-,7+,8-;6-,7-,8+/m10/s1. The molecule has 8 rings (SSSR count). The minimum Gasteiger partial charge on any atom is -0.444 e. The number of nitrogens with two attached hydrogens (primary N) is 2. The molecule has 232 valence electrons. The molecule has 4 saturated heterocycles. The molecule has 4 aromatic rings. The summed E-state index contributed by atoms with van der Waals surface area (Å²) in [4.78, 5) is 44.3. The van der Waals surface area contributed by atoms with Crippen LogP contribution >= 0.6 is 31.9 Å². The van der Waals surface area contributed by atoms with Gasteiger partial charge in [0.05, 0.1) is 38.4 Å². The number of aromatic nitrogens is 6. The number of nitrogen functional groups attached to an aromatic ring is 2. The van der Waals surface area contributed by atoms with Crippen LogP contribution in [0.3, 0.4) is 0 Å². The number of nitrogens with zero attached hydrogens (tertiary/aromatic N) is 8. The van der Waals surface area contributed by atoms with Crippen LogP contribution in [0, 0.1) is 0 Å². The highest BCUT2D eigenvalue weighted by Gasteiger charge is 2.46.